The van der Waals surface area contributed by atoms with E-state index in [1.807, 2.05) is 0 Å². The number of nitriles is 1. The van der Waals surface area contributed by atoms with E-state index in [1.165, 1.54) is 20.4 Å². The number of carbonyl (C=O) groups is 1. The van der Waals surface area contributed by atoms with E-state index in [1.54, 1.807) is 54.6 Å². The van der Waals surface area contributed by atoms with Crippen LogP contribution < -0.4 is 20.4 Å². The molecule has 0 saturated carbocycles. The van der Waals surface area contributed by atoms with Gasteiger partial charge >= 0.3 is 0 Å². The van der Waals surface area contributed by atoms with Crippen LogP contribution in [0.5, 0.6) is 0 Å². The van der Waals surface area contributed by atoms with Crippen LogP contribution in [0.4, 0.5) is 28.6 Å². The molecule has 10 nitrogen and oxygen atoms in total. The van der Waals surface area contributed by atoms with E-state index in [2.05, 4.69) is 27.2 Å². The second kappa shape index (κ2) is 9.99. The van der Waals surface area contributed by atoms with Crippen molar-refractivity contribution in [3.63, 3.8) is 0 Å². The topological polar surface area (TPSA) is 136 Å². The highest BCUT2D eigenvalue weighted by atomic mass is 32.2. The smallest absolute Gasteiger partial charge is 0.278 e. The average molecular weight is 467 g/mol. The molecule has 3 aromatic rings. The fraction of sp³-hybridized carbons (Fsp3) is 0.136. The number of nitrogens with one attached hydrogen (secondary N) is 3. The maximum absolute atomic E-state index is 12.5. The predicted octanol–water partition coefficient (Wildman–Crippen LogP) is 3.13. The minimum atomic E-state index is -3.51. The number of benzene rings is 2. The number of carbonyl (C=O) groups excluding carboxylic acids is 1. The van der Waals surface area contributed by atoms with E-state index in [0.29, 0.717) is 34.1 Å². The summed E-state index contributed by atoms with van der Waals surface area (Å²) in [6.07, 6.45) is 2.47. The van der Waals surface area contributed by atoms with Crippen molar-refractivity contribution in [3.05, 3.63) is 71.9 Å². The van der Waals surface area contributed by atoms with E-state index < -0.39 is 15.9 Å². The molecule has 3 N–H and O–H groups in total. The molecule has 0 fully saturated rings. The van der Waals surface area contributed by atoms with Gasteiger partial charge in [0.2, 0.25) is 10.0 Å². The Labute approximate surface area is 191 Å². The summed E-state index contributed by atoms with van der Waals surface area (Å²) in [4.78, 5) is 21.5. The maximum Gasteiger partial charge on any atom is 0.278 e. The zero-order valence-corrected chi connectivity index (χ0v) is 19.0. The first-order chi connectivity index (χ1) is 15.7. The molecule has 0 aliphatic carbocycles. The second-order valence-electron chi connectivity index (χ2n) is 6.94. The molecule has 0 atom stereocenters. The molecule has 1 amide bonds. The molecular formula is C22H22N6O4S. The first-order valence-corrected chi connectivity index (χ1v) is 11.5. The summed E-state index contributed by atoms with van der Waals surface area (Å²) in [6, 6.07) is 17.3. The second-order valence-corrected chi connectivity index (χ2v) is 8.95. The Hall–Kier alpha value is -4.14. The molecule has 33 heavy (non-hydrogen) atoms. The fourth-order valence-corrected chi connectivity index (χ4v) is 3.43. The highest BCUT2D eigenvalue weighted by Crippen LogP contribution is 2.32. The molecule has 0 radical (unpaired) electrons. The first kappa shape index (κ1) is 23.5. The van der Waals surface area contributed by atoms with E-state index in [0.717, 1.165) is 10.6 Å². The van der Waals surface area contributed by atoms with E-state index >= 15 is 0 Å². The van der Waals surface area contributed by atoms with Crippen LogP contribution in [0.25, 0.3) is 0 Å². The van der Waals surface area contributed by atoms with Crippen LogP contribution in [0, 0.1) is 11.3 Å². The number of amides is 1. The summed E-state index contributed by atoms with van der Waals surface area (Å²) in [5.41, 5.74) is 4.88. The van der Waals surface area contributed by atoms with Crippen molar-refractivity contribution in [1.82, 2.24) is 10.5 Å². The van der Waals surface area contributed by atoms with Crippen LogP contribution >= 0.6 is 0 Å². The molecule has 0 unspecified atom stereocenters. The van der Waals surface area contributed by atoms with E-state index in [9.17, 15) is 13.2 Å². The number of nitrogens with zero attached hydrogens (tertiary/aromatic N) is 3. The van der Waals surface area contributed by atoms with Gasteiger partial charge in [0.1, 0.15) is 5.82 Å². The molecule has 11 heteroatoms. The Morgan fingerprint density at radius 1 is 1.09 bits per heavy atom. The lowest BCUT2D eigenvalue weighted by molar-refractivity contribution is 0.0538. The lowest BCUT2D eigenvalue weighted by atomic mass is 10.2. The van der Waals surface area contributed by atoms with Crippen molar-refractivity contribution in [2.75, 3.05) is 35.4 Å². The van der Waals surface area contributed by atoms with Gasteiger partial charge in [0.15, 0.2) is 0 Å². The summed E-state index contributed by atoms with van der Waals surface area (Å²) in [6.45, 7) is 0. The normalized spacial score (nSPS) is 10.7. The number of aromatic nitrogens is 1. The van der Waals surface area contributed by atoms with Gasteiger partial charge in [0.05, 0.1) is 47.6 Å². The monoisotopic (exact) mass is 466 g/mol. The predicted molar refractivity (Wildman–Crippen MR) is 126 cm³/mol. The molecule has 0 aliphatic rings. The van der Waals surface area contributed by atoms with E-state index in [4.69, 9.17) is 10.1 Å². The Kier molecular flexibility index (Phi) is 7.12. The summed E-state index contributed by atoms with van der Waals surface area (Å²) >= 11 is 0. The van der Waals surface area contributed by atoms with Crippen LogP contribution in [-0.2, 0) is 14.9 Å². The lowest BCUT2D eigenvalue weighted by Gasteiger charge is -2.22. The molecule has 3 rings (SSSR count). The number of hydroxylamine groups is 1. The van der Waals surface area contributed by atoms with Gasteiger partial charge in [0, 0.05) is 25.0 Å². The zero-order chi connectivity index (χ0) is 24.0. The first-order valence-electron chi connectivity index (χ1n) is 9.63. The fourth-order valence-electron chi connectivity index (χ4n) is 2.91. The summed E-state index contributed by atoms with van der Waals surface area (Å²) in [5, 5.41) is 15.2. The molecule has 2 aromatic carbocycles. The van der Waals surface area contributed by atoms with E-state index in [-0.39, 0.29) is 5.56 Å². The van der Waals surface area contributed by atoms with Crippen molar-refractivity contribution < 1.29 is 18.0 Å². The molecular weight excluding hydrogens is 444 g/mol. The Morgan fingerprint density at radius 3 is 2.42 bits per heavy atom. The van der Waals surface area contributed by atoms with Crippen molar-refractivity contribution in [2.45, 2.75) is 0 Å². The number of sulfonamides is 1. The molecule has 0 aliphatic heterocycles. The summed E-state index contributed by atoms with van der Waals surface area (Å²) in [7, 11) is -0.756. The van der Waals surface area contributed by atoms with Crippen molar-refractivity contribution in [2.24, 2.45) is 0 Å². The van der Waals surface area contributed by atoms with Crippen molar-refractivity contribution in [1.29, 1.82) is 5.26 Å². The van der Waals surface area contributed by atoms with Crippen LogP contribution in [0.1, 0.15) is 15.9 Å². The molecule has 0 saturated heterocycles. The summed E-state index contributed by atoms with van der Waals surface area (Å²) in [5.74, 6) is -0.114. The van der Waals surface area contributed by atoms with Crippen LogP contribution in [0.2, 0.25) is 0 Å². The van der Waals surface area contributed by atoms with Crippen LogP contribution in [0.3, 0.4) is 0 Å². The molecule has 0 bridgehead atoms. The average Bonchev–Trinajstić information content (AvgIpc) is 2.79. The molecule has 0 spiro atoms. The van der Waals surface area contributed by atoms with Gasteiger partial charge in [-0.2, -0.15) is 5.26 Å². The number of rotatable bonds is 8. The van der Waals surface area contributed by atoms with Crippen molar-refractivity contribution >= 4 is 44.5 Å². The third kappa shape index (κ3) is 5.76. The van der Waals surface area contributed by atoms with Crippen molar-refractivity contribution in [3.8, 4) is 6.07 Å². The number of pyridine rings is 1. The van der Waals surface area contributed by atoms with Gasteiger partial charge in [-0.15, -0.1) is 0 Å². The number of hydrogen-bond donors (Lipinski definition) is 3. The SMILES string of the molecule is CONC(=O)c1cnc(Nc2ccc(C#N)cc2)cc1Nc1ccccc1N(C)S(C)(=O)=O. The van der Waals surface area contributed by atoms with Gasteiger partial charge in [-0.25, -0.2) is 18.9 Å². The van der Waals surface area contributed by atoms with Gasteiger partial charge in [0.25, 0.3) is 5.91 Å². The van der Waals surface area contributed by atoms with Crippen LogP contribution in [0.15, 0.2) is 60.8 Å². The van der Waals surface area contributed by atoms with Crippen LogP contribution in [-0.4, -0.2) is 39.7 Å². The molecule has 1 aromatic heterocycles. The number of para-hydroxylation sites is 2. The number of anilines is 5. The largest absolute Gasteiger partial charge is 0.353 e. The zero-order valence-electron chi connectivity index (χ0n) is 18.2. The van der Waals surface area contributed by atoms with Gasteiger partial charge in [-0.3, -0.25) is 13.9 Å². The molecule has 1 heterocycles. The maximum atomic E-state index is 12.5. The molecule has 170 valence electrons. The highest BCUT2D eigenvalue weighted by Gasteiger charge is 2.18. The minimum absolute atomic E-state index is 0.180. The Bertz CT molecular complexity index is 1300. The quantitative estimate of drug-likeness (QED) is 0.431. The van der Waals surface area contributed by atoms with Gasteiger partial charge < -0.3 is 10.6 Å². The highest BCUT2D eigenvalue weighted by molar-refractivity contribution is 7.92. The minimum Gasteiger partial charge on any atom is -0.353 e. The summed E-state index contributed by atoms with van der Waals surface area (Å²) < 4.78 is 25.3. The lowest BCUT2D eigenvalue weighted by Crippen LogP contribution is -2.26. The van der Waals surface area contributed by atoms with Gasteiger partial charge in [-0.1, -0.05) is 12.1 Å². The Balaban J connectivity index is 2.01. The Morgan fingerprint density at radius 2 is 1.79 bits per heavy atom. The third-order valence-corrected chi connectivity index (χ3v) is 5.83. The van der Waals surface area contributed by atoms with Gasteiger partial charge in [-0.05, 0) is 36.4 Å². The standard InChI is InChI=1S/C22H22N6O4S/c1-28(33(3,30)31)20-7-5-4-6-18(20)26-19-12-21(24-14-17(19)22(29)27-32-2)25-16-10-8-15(13-23)9-11-16/h4-12,14H,1-3H3,(H,27,29)(H2,24,25,26). The number of hydrogen-bond acceptors (Lipinski definition) is 8. The third-order valence-electron chi connectivity index (χ3n) is 4.64.